The van der Waals surface area contributed by atoms with E-state index in [4.69, 9.17) is 5.73 Å². The molecule has 4 heteroatoms. The molecule has 1 rings (SSSR count). The van der Waals surface area contributed by atoms with E-state index in [1.165, 1.54) is 0 Å². The Kier molecular flexibility index (Phi) is 1.79. The number of nitrogens with zero attached hydrogens (tertiary/aromatic N) is 2. The molecule has 0 aliphatic carbocycles. The summed E-state index contributed by atoms with van der Waals surface area (Å²) in [4.78, 5) is 0. The molecule has 0 saturated carbocycles. The van der Waals surface area contributed by atoms with Gasteiger partial charge in [-0.1, -0.05) is 6.92 Å². The Morgan fingerprint density at radius 2 is 2.67 bits per heavy atom. The van der Waals surface area contributed by atoms with Crippen molar-refractivity contribution in [1.29, 1.82) is 0 Å². The van der Waals surface area contributed by atoms with Crippen molar-refractivity contribution < 1.29 is 0 Å². The molecule has 0 radical (unpaired) electrons. The predicted octanol–water partition coefficient (Wildman–Crippen LogP) is 0.214. The van der Waals surface area contributed by atoms with Crippen molar-refractivity contribution in [1.82, 2.24) is 15.4 Å². The summed E-state index contributed by atoms with van der Waals surface area (Å²) in [5.74, 6) is 0. The number of H-pyrrole nitrogens is 1. The Bertz CT molecular complexity index is 157. The molecule has 1 heterocycles. The van der Waals surface area contributed by atoms with Crippen molar-refractivity contribution in [3.63, 3.8) is 0 Å². The highest BCUT2D eigenvalue weighted by Gasteiger charge is 2.03. The second kappa shape index (κ2) is 2.59. The predicted molar refractivity (Wildman–Crippen MR) is 33.6 cm³/mol. The zero-order valence-electron chi connectivity index (χ0n) is 5.33. The lowest BCUT2D eigenvalue weighted by Gasteiger charge is -2.00. The van der Waals surface area contributed by atoms with Crippen molar-refractivity contribution >= 4 is 0 Å². The fourth-order valence-electron chi connectivity index (χ4n) is 0.598. The fourth-order valence-corrected chi connectivity index (χ4v) is 0.598. The highest BCUT2D eigenvalue weighted by molar-refractivity contribution is 4.96. The van der Waals surface area contributed by atoms with Gasteiger partial charge in [0.1, 0.15) is 0 Å². The largest absolute Gasteiger partial charge is 0.323 e. The van der Waals surface area contributed by atoms with Gasteiger partial charge in [0.25, 0.3) is 0 Å². The molecule has 0 unspecified atom stereocenters. The summed E-state index contributed by atoms with van der Waals surface area (Å²) in [6.07, 6.45) is 2.54. The molecule has 1 atom stereocenters. The Morgan fingerprint density at radius 3 is 3.11 bits per heavy atom. The molecule has 0 saturated heterocycles. The Labute approximate surface area is 53.5 Å². The number of hydrogen-bond acceptors (Lipinski definition) is 3. The van der Waals surface area contributed by atoms with Gasteiger partial charge in [-0.2, -0.15) is 15.4 Å². The summed E-state index contributed by atoms with van der Waals surface area (Å²) in [6, 6.07) is 0.0312. The first-order chi connectivity index (χ1) is 4.34. The second-order valence-corrected chi connectivity index (χ2v) is 1.91. The van der Waals surface area contributed by atoms with Gasteiger partial charge >= 0.3 is 0 Å². The van der Waals surface area contributed by atoms with Gasteiger partial charge in [-0.05, 0) is 6.42 Å². The Morgan fingerprint density at radius 1 is 1.89 bits per heavy atom. The van der Waals surface area contributed by atoms with Gasteiger partial charge in [0.15, 0.2) is 0 Å². The molecule has 0 amide bonds. The number of aromatic amines is 1. The summed E-state index contributed by atoms with van der Waals surface area (Å²) in [7, 11) is 0. The van der Waals surface area contributed by atoms with Crippen molar-refractivity contribution in [2.75, 3.05) is 0 Å². The van der Waals surface area contributed by atoms with E-state index in [9.17, 15) is 0 Å². The lowest BCUT2D eigenvalue weighted by atomic mass is 10.2. The van der Waals surface area contributed by atoms with Crippen molar-refractivity contribution in [3.05, 3.63) is 11.9 Å². The van der Waals surface area contributed by atoms with Gasteiger partial charge in [-0.25, -0.2) is 0 Å². The summed E-state index contributed by atoms with van der Waals surface area (Å²) in [6.45, 7) is 2.01. The van der Waals surface area contributed by atoms with Crippen molar-refractivity contribution in [2.24, 2.45) is 5.73 Å². The van der Waals surface area contributed by atoms with Crippen LogP contribution in [0.25, 0.3) is 0 Å². The third-order valence-electron chi connectivity index (χ3n) is 1.25. The molecule has 3 N–H and O–H groups in total. The number of aromatic nitrogens is 3. The first kappa shape index (κ1) is 6.22. The summed E-state index contributed by atoms with van der Waals surface area (Å²) in [5, 5.41) is 9.97. The third kappa shape index (κ3) is 1.26. The number of nitrogens with one attached hydrogen (secondary N) is 1. The second-order valence-electron chi connectivity index (χ2n) is 1.91. The van der Waals surface area contributed by atoms with Crippen LogP contribution in [0.5, 0.6) is 0 Å². The van der Waals surface area contributed by atoms with Gasteiger partial charge in [0.2, 0.25) is 0 Å². The SMILES string of the molecule is CC[C@@H](N)c1cn[nH]n1. The van der Waals surface area contributed by atoms with Crippen LogP contribution in [0.4, 0.5) is 0 Å². The van der Waals surface area contributed by atoms with Gasteiger partial charge in [-0.15, -0.1) is 0 Å². The van der Waals surface area contributed by atoms with E-state index in [2.05, 4.69) is 15.4 Å². The molecule has 50 valence electrons. The minimum absolute atomic E-state index is 0.0312. The van der Waals surface area contributed by atoms with Crippen LogP contribution in [0.15, 0.2) is 6.20 Å². The lowest BCUT2D eigenvalue weighted by molar-refractivity contribution is 0.671. The molecule has 0 spiro atoms. The van der Waals surface area contributed by atoms with Crippen LogP contribution < -0.4 is 5.73 Å². The van der Waals surface area contributed by atoms with Crippen molar-refractivity contribution in [2.45, 2.75) is 19.4 Å². The van der Waals surface area contributed by atoms with Gasteiger partial charge in [0, 0.05) is 0 Å². The van der Waals surface area contributed by atoms with Crippen LogP contribution in [0, 0.1) is 0 Å². The maximum atomic E-state index is 5.62. The Hall–Kier alpha value is -0.900. The van der Waals surface area contributed by atoms with Crippen LogP contribution >= 0.6 is 0 Å². The van der Waals surface area contributed by atoms with Crippen LogP contribution in [0.3, 0.4) is 0 Å². The van der Waals surface area contributed by atoms with Crippen molar-refractivity contribution in [3.8, 4) is 0 Å². The minimum atomic E-state index is 0.0312. The first-order valence-electron chi connectivity index (χ1n) is 2.96. The summed E-state index contributed by atoms with van der Waals surface area (Å²) in [5.41, 5.74) is 6.45. The molecule has 0 aliphatic heterocycles. The maximum absolute atomic E-state index is 5.62. The average Bonchev–Trinajstić information content (AvgIpc) is 2.37. The first-order valence-corrected chi connectivity index (χ1v) is 2.96. The molecular weight excluding hydrogens is 116 g/mol. The van der Waals surface area contributed by atoms with Gasteiger partial charge < -0.3 is 5.73 Å². The molecule has 0 aliphatic rings. The molecule has 9 heavy (non-hydrogen) atoms. The minimum Gasteiger partial charge on any atom is -0.323 e. The van der Waals surface area contributed by atoms with E-state index in [1.807, 2.05) is 6.92 Å². The van der Waals surface area contributed by atoms with Crippen LogP contribution in [-0.4, -0.2) is 15.4 Å². The lowest BCUT2D eigenvalue weighted by Crippen LogP contribution is -2.08. The molecular formula is C5H10N4. The molecule has 1 aromatic heterocycles. The average molecular weight is 126 g/mol. The summed E-state index contributed by atoms with van der Waals surface area (Å²) < 4.78 is 0. The Balaban J connectivity index is 2.65. The number of rotatable bonds is 2. The van der Waals surface area contributed by atoms with E-state index in [0.29, 0.717) is 0 Å². The highest BCUT2D eigenvalue weighted by Crippen LogP contribution is 2.06. The van der Waals surface area contributed by atoms with Crippen LogP contribution in [0.1, 0.15) is 25.1 Å². The van der Waals surface area contributed by atoms with Gasteiger partial charge in [-0.3, -0.25) is 0 Å². The normalized spacial score (nSPS) is 13.6. The summed E-state index contributed by atoms with van der Waals surface area (Å²) >= 11 is 0. The van der Waals surface area contributed by atoms with E-state index >= 15 is 0 Å². The topological polar surface area (TPSA) is 67.6 Å². The monoisotopic (exact) mass is 126 g/mol. The molecule has 0 aromatic carbocycles. The van der Waals surface area contributed by atoms with E-state index in [-0.39, 0.29) is 6.04 Å². The van der Waals surface area contributed by atoms with E-state index < -0.39 is 0 Å². The van der Waals surface area contributed by atoms with E-state index in [1.54, 1.807) is 6.20 Å². The highest BCUT2D eigenvalue weighted by atomic mass is 15.3. The van der Waals surface area contributed by atoms with Gasteiger partial charge in [0.05, 0.1) is 17.9 Å². The molecule has 0 bridgehead atoms. The molecule has 0 fully saturated rings. The maximum Gasteiger partial charge on any atom is 0.0991 e. The fraction of sp³-hybridized carbons (Fsp3) is 0.600. The zero-order valence-corrected chi connectivity index (χ0v) is 5.33. The number of nitrogens with two attached hydrogens (primary N) is 1. The molecule has 1 aromatic rings. The third-order valence-corrected chi connectivity index (χ3v) is 1.25. The van der Waals surface area contributed by atoms with E-state index in [0.717, 1.165) is 12.1 Å². The van der Waals surface area contributed by atoms with Crippen LogP contribution in [-0.2, 0) is 0 Å². The smallest absolute Gasteiger partial charge is 0.0991 e. The zero-order chi connectivity index (χ0) is 6.69. The van der Waals surface area contributed by atoms with Crippen LogP contribution in [0.2, 0.25) is 0 Å². The number of hydrogen-bond donors (Lipinski definition) is 2. The molecule has 4 nitrogen and oxygen atoms in total. The standard InChI is InChI=1S/C5H10N4/c1-2-4(6)5-3-7-9-8-5/h3-4H,2,6H2,1H3,(H,7,8,9)/t4-/m1/s1. The quantitative estimate of drug-likeness (QED) is 0.595.